The van der Waals surface area contributed by atoms with Crippen molar-refractivity contribution in [3.05, 3.63) is 106 Å². The van der Waals surface area contributed by atoms with Crippen molar-refractivity contribution < 1.29 is 23.8 Å². The van der Waals surface area contributed by atoms with Gasteiger partial charge < -0.3 is 39.6 Å². The number of methoxy groups -OCH3 is 3. The second-order valence-electron chi connectivity index (χ2n) is 11.8. The van der Waals surface area contributed by atoms with Crippen molar-refractivity contribution in [3.8, 4) is 17.2 Å². The number of benzene rings is 3. The molecule has 3 amide bonds. The fraction of sp³-hybridized carbons (Fsp3) is 0.306. The zero-order valence-corrected chi connectivity index (χ0v) is 26.7. The lowest BCUT2D eigenvalue weighted by molar-refractivity contribution is 0.0954. The van der Waals surface area contributed by atoms with Crippen LogP contribution in [0.15, 0.2) is 83.7 Å². The first kappa shape index (κ1) is 31.5. The number of ether oxygens (including phenoxy) is 3. The molecule has 11 nitrogen and oxygen atoms in total. The number of carbonyl (C=O) groups is 2. The molecule has 244 valence electrons. The quantitative estimate of drug-likeness (QED) is 0.221. The van der Waals surface area contributed by atoms with Gasteiger partial charge in [0.15, 0.2) is 11.5 Å². The molecule has 0 unspecified atom stereocenters. The first-order valence-electron chi connectivity index (χ1n) is 15.6. The molecule has 2 bridgehead atoms. The van der Waals surface area contributed by atoms with Gasteiger partial charge in [0.05, 0.1) is 32.7 Å². The Balaban J connectivity index is 1.22. The second-order valence-corrected chi connectivity index (χ2v) is 11.8. The molecule has 1 fully saturated rings. The van der Waals surface area contributed by atoms with Gasteiger partial charge in [0.1, 0.15) is 5.75 Å². The number of pyridine rings is 1. The van der Waals surface area contributed by atoms with E-state index in [1.165, 1.54) is 0 Å². The molecule has 0 radical (unpaired) electrons. The van der Waals surface area contributed by atoms with Crippen LogP contribution in [0, 0.1) is 5.92 Å². The Kier molecular flexibility index (Phi) is 9.32. The fourth-order valence-electron chi connectivity index (χ4n) is 6.59. The van der Waals surface area contributed by atoms with E-state index < -0.39 is 6.03 Å². The summed E-state index contributed by atoms with van der Waals surface area (Å²) in [4.78, 5) is 41.4. The number of urea groups is 1. The van der Waals surface area contributed by atoms with Gasteiger partial charge in [-0.2, -0.15) is 0 Å². The van der Waals surface area contributed by atoms with Crippen molar-refractivity contribution in [3.63, 3.8) is 0 Å². The molecule has 2 aliphatic rings. The molecular formula is C36H39N5O6. The van der Waals surface area contributed by atoms with Gasteiger partial charge in [-0.15, -0.1) is 0 Å². The van der Waals surface area contributed by atoms with Crippen LogP contribution >= 0.6 is 0 Å². The Hall–Kier alpha value is -5.45. The van der Waals surface area contributed by atoms with E-state index in [-0.39, 0.29) is 23.3 Å². The number of nitrogens with zero attached hydrogens (tertiary/aromatic N) is 2. The summed E-state index contributed by atoms with van der Waals surface area (Å²) >= 11 is 0. The number of piperidine rings is 1. The molecule has 6 rings (SSSR count). The van der Waals surface area contributed by atoms with Crippen molar-refractivity contribution in [2.24, 2.45) is 5.92 Å². The summed E-state index contributed by atoms with van der Waals surface area (Å²) in [5, 5.41) is 8.86. The van der Waals surface area contributed by atoms with Crippen LogP contribution in [0.4, 0.5) is 21.9 Å². The summed E-state index contributed by atoms with van der Waals surface area (Å²) < 4.78 is 17.9. The lowest BCUT2D eigenvalue weighted by Gasteiger charge is -2.44. The van der Waals surface area contributed by atoms with Crippen LogP contribution in [-0.4, -0.2) is 57.5 Å². The Bertz CT molecular complexity index is 1840. The van der Waals surface area contributed by atoms with Crippen LogP contribution in [0.5, 0.6) is 17.2 Å². The summed E-state index contributed by atoms with van der Waals surface area (Å²) in [7, 11) is 4.75. The monoisotopic (exact) mass is 637 g/mol. The predicted octanol–water partition coefficient (Wildman–Crippen LogP) is 5.11. The highest BCUT2D eigenvalue weighted by molar-refractivity contribution is 6.04. The van der Waals surface area contributed by atoms with Crippen LogP contribution in [-0.2, 0) is 13.0 Å². The zero-order valence-electron chi connectivity index (χ0n) is 26.7. The molecule has 3 N–H and O–H groups in total. The van der Waals surface area contributed by atoms with E-state index in [1.54, 1.807) is 63.8 Å². The summed E-state index contributed by atoms with van der Waals surface area (Å²) in [6.45, 7) is 2.47. The van der Waals surface area contributed by atoms with E-state index in [2.05, 4.69) is 20.9 Å². The summed E-state index contributed by atoms with van der Waals surface area (Å²) in [6, 6.07) is 23.2. The van der Waals surface area contributed by atoms with Gasteiger partial charge in [0.25, 0.3) is 11.5 Å². The average molecular weight is 638 g/mol. The second kappa shape index (κ2) is 13.9. The van der Waals surface area contributed by atoms with Crippen molar-refractivity contribution in [1.29, 1.82) is 0 Å². The van der Waals surface area contributed by atoms with Crippen LogP contribution in [0.25, 0.3) is 0 Å². The number of aromatic nitrogens is 1. The minimum Gasteiger partial charge on any atom is -0.497 e. The molecule has 0 aliphatic carbocycles. The minimum atomic E-state index is -0.445. The molecule has 11 heteroatoms. The minimum absolute atomic E-state index is 0.0312. The number of anilines is 3. The van der Waals surface area contributed by atoms with Crippen LogP contribution in [0.2, 0.25) is 0 Å². The van der Waals surface area contributed by atoms with Gasteiger partial charge in [0.2, 0.25) is 0 Å². The standard InChI is InChI=1S/C36H39N5O6/c1-45-28-7-4-6-27(19-28)38-36(44)39-29-18-25(35(43)37-15-14-23-10-13-32(46-2)33(17-23)47-3)11-12-31(29)40-20-24-16-26(22-40)30-8-5-9-34(42)41(30)21-24/h4-13,17-19,24,26H,14-16,20-22H2,1-3H3,(H,37,43)(H2,38,39,44)/t24-,26+/m1/s1. The lowest BCUT2D eigenvalue weighted by atomic mass is 9.83. The molecule has 2 atom stereocenters. The number of nitrogens with one attached hydrogen (secondary N) is 3. The van der Waals surface area contributed by atoms with Crippen LogP contribution < -0.4 is 40.6 Å². The first-order valence-corrected chi connectivity index (χ1v) is 15.6. The molecule has 47 heavy (non-hydrogen) atoms. The number of carbonyl (C=O) groups excluding carboxylic acids is 2. The summed E-state index contributed by atoms with van der Waals surface area (Å²) in [6.07, 6.45) is 1.60. The van der Waals surface area contributed by atoms with Crippen molar-refractivity contribution in [1.82, 2.24) is 9.88 Å². The highest BCUT2D eigenvalue weighted by Gasteiger charge is 2.35. The van der Waals surface area contributed by atoms with E-state index in [0.717, 1.165) is 29.9 Å². The molecule has 1 aromatic heterocycles. The van der Waals surface area contributed by atoms with E-state index in [4.69, 9.17) is 14.2 Å². The topological polar surface area (TPSA) is 123 Å². The van der Waals surface area contributed by atoms with Gasteiger partial charge in [-0.1, -0.05) is 18.2 Å². The smallest absolute Gasteiger partial charge is 0.323 e. The number of amides is 3. The summed E-state index contributed by atoms with van der Waals surface area (Å²) in [5.41, 5.74) is 4.39. The van der Waals surface area contributed by atoms with E-state index in [9.17, 15) is 14.4 Å². The largest absolute Gasteiger partial charge is 0.497 e. The number of fused-ring (bicyclic) bond motifs is 4. The zero-order chi connectivity index (χ0) is 32.9. The maximum absolute atomic E-state index is 13.3. The number of rotatable bonds is 10. The third-order valence-corrected chi connectivity index (χ3v) is 8.80. The molecule has 0 spiro atoms. The Morgan fingerprint density at radius 3 is 2.47 bits per heavy atom. The van der Waals surface area contributed by atoms with Crippen molar-refractivity contribution in [2.45, 2.75) is 25.3 Å². The van der Waals surface area contributed by atoms with Crippen molar-refractivity contribution in [2.75, 3.05) is 56.5 Å². The normalized spacial score (nSPS) is 16.4. The maximum Gasteiger partial charge on any atom is 0.323 e. The fourth-order valence-corrected chi connectivity index (χ4v) is 6.59. The Labute approximate surface area is 273 Å². The van der Waals surface area contributed by atoms with Crippen molar-refractivity contribution >= 4 is 29.0 Å². The van der Waals surface area contributed by atoms with Gasteiger partial charge in [-0.05, 0) is 72.9 Å². The molecule has 0 saturated carbocycles. The molecular weight excluding hydrogens is 598 g/mol. The Morgan fingerprint density at radius 1 is 0.830 bits per heavy atom. The summed E-state index contributed by atoms with van der Waals surface area (Å²) in [5.74, 6) is 2.10. The number of hydrogen-bond acceptors (Lipinski definition) is 7. The lowest BCUT2D eigenvalue weighted by Crippen LogP contribution is -2.47. The molecule has 2 aliphatic heterocycles. The van der Waals surface area contributed by atoms with Crippen LogP contribution in [0.1, 0.15) is 34.0 Å². The van der Waals surface area contributed by atoms with E-state index in [0.29, 0.717) is 60.2 Å². The Morgan fingerprint density at radius 2 is 1.66 bits per heavy atom. The van der Waals surface area contributed by atoms with Gasteiger partial charge >= 0.3 is 6.03 Å². The van der Waals surface area contributed by atoms with Gasteiger partial charge in [-0.25, -0.2) is 4.79 Å². The third-order valence-electron chi connectivity index (χ3n) is 8.80. The van der Waals surface area contributed by atoms with Gasteiger partial charge in [0, 0.05) is 61.2 Å². The molecule has 1 saturated heterocycles. The molecule has 4 aromatic rings. The van der Waals surface area contributed by atoms with E-state index in [1.807, 2.05) is 41.0 Å². The molecule has 3 aromatic carbocycles. The van der Waals surface area contributed by atoms with Crippen LogP contribution in [0.3, 0.4) is 0 Å². The van der Waals surface area contributed by atoms with Gasteiger partial charge in [-0.3, -0.25) is 9.59 Å². The van der Waals surface area contributed by atoms with E-state index >= 15 is 0 Å². The predicted molar refractivity (Wildman–Crippen MR) is 181 cm³/mol. The first-order chi connectivity index (χ1) is 22.8. The highest BCUT2D eigenvalue weighted by atomic mass is 16.5. The maximum atomic E-state index is 13.3. The molecule has 3 heterocycles. The number of hydrogen-bond donors (Lipinski definition) is 3. The third kappa shape index (κ3) is 7.04. The highest BCUT2D eigenvalue weighted by Crippen LogP contribution is 2.39. The SMILES string of the molecule is COc1cccc(NC(=O)Nc2cc(C(=O)NCCc3ccc(OC)c(OC)c3)ccc2N2C[C@H]3C[C@@H](C2)c2cccc(=O)n2C3)c1. The average Bonchev–Trinajstić information content (AvgIpc) is 3.08.